The summed E-state index contributed by atoms with van der Waals surface area (Å²) in [6, 6.07) is 4.07. The Bertz CT molecular complexity index is 453. The third-order valence-corrected chi connectivity index (χ3v) is 3.95. The van der Waals surface area contributed by atoms with Crippen LogP contribution in [0.15, 0.2) is 35.2 Å². The molecule has 1 aliphatic carbocycles. The van der Waals surface area contributed by atoms with Gasteiger partial charge in [-0.25, -0.2) is 4.98 Å². The first kappa shape index (κ1) is 13.1. The maximum Gasteiger partial charge on any atom is 0.159 e. The van der Waals surface area contributed by atoms with Crippen molar-refractivity contribution in [2.75, 3.05) is 5.75 Å². The van der Waals surface area contributed by atoms with Crippen molar-refractivity contribution >= 4 is 17.5 Å². The van der Waals surface area contributed by atoms with E-state index in [4.69, 9.17) is 0 Å². The molecule has 1 heterocycles. The van der Waals surface area contributed by atoms with Gasteiger partial charge in [0.2, 0.25) is 0 Å². The largest absolute Gasteiger partial charge is 0.512 e. The number of aromatic nitrogens is 1. The van der Waals surface area contributed by atoms with E-state index in [9.17, 15) is 9.90 Å². The van der Waals surface area contributed by atoms with Crippen molar-refractivity contribution in [3.63, 3.8) is 0 Å². The van der Waals surface area contributed by atoms with Gasteiger partial charge in [-0.3, -0.25) is 4.79 Å². The zero-order valence-electron chi connectivity index (χ0n) is 10.4. The summed E-state index contributed by atoms with van der Waals surface area (Å²) >= 11 is 1.70. The molecule has 0 aliphatic heterocycles. The number of aliphatic hydroxyl groups is 1. The van der Waals surface area contributed by atoms with Crippen molar-refractivity contribution in [2.24, 2.45) is 5.92 Å². The number of thioether (sulfide) groups is 1. The molecule has 1 unspecified atom stereocenters. The molecule has 1 N–H and O–H groups in total. The Kier molecular flexibility index (Phi) is 4.42. The zero-order valence-corrected chi connectivity index (χ0v) is 11.2. The van der Waals surface area contributed by atoms with Gasteiger partial charge in [-0.15, -0.1) is 11.8 Å². The van der Waals surface area contributed by atoms with Crippen molar-refractivity contribution in [3.05, 3.63) is 35.7 Å². The van der Waals surface area contributed by atoms with E-state index in [1.54, 1.807) is 11.8 Å². The Morgan fingerprint density at radius 2 is 2.28 bits per heavy atom. The van der Waals surface area contributed by atoms with Crippen LogP contribution in [-0.4, -0.2) is 21.6 Å². The molecule has 0 amide bonds. The van der Waals surface area contributed by atoms with E-state index >= 15 is 0 Å². The van der Waals surface area contributed by atoms with Gasteiger partial charge in [-0.1, -0.05) is 6.07 Å². The summed E-state index contributed by atoms with van der Waals surface area (Å²) in [6.07, 6.45) is 5.34. The van der Waals surface area contributed by atoms with Crippen LogP contribution in [-0.2, 0) is 4.79 Å². The summed E-state index contributed by atoms with van der Waals surface area (Å²) in [5.41, 5.74) is 1.16. The first-order valence-corrected chi connectivity index (χ1v) is 7.10. The number of nitrogens with zero attached hydrogens (tertiary/aromatic N) is 1. The van der Waals surface area contributed by atoms with Gasteiger partial charge in [0.25, 0.3) is 0 Å². The van der Waals surface area contributed by atoms with E-state index in [1.807, 2.05) is 25.3 Å². The summed E-state index contributed by atoms with van der Waals surface area (Å²) in [5.74, 6) is 1.48. The number of allylic oxidation sites excluding steroid dienone is 2. The Morgan fingerprint density at radius 3 is 2.94 bits per heavy atom. The second-order valence-electron chi connectivity index (χ2n) is 4.69. The van der Waals surface area contributed by atoms with Gasteiger partial charge in [-0.05, 0) is 36.6 Å². The Labute approximate surface area is 111 Å². The predicted molar refractivity (Wildman–Crippen MR) is 72.8 cm³/mol. The summed E-state index contributed by atoms with van der Waals surface area (Å²) in [5, 5.41) is 10.4. The molecule has 0 bridgehead atoms. The third-order valence-electron chi connectivity index (χ3n) is 2.98. The monoisotopic (exact) mass is 263 g/mol. The first-order chi connectivity index (χ1) is 8.63. The van der Waals surface area contributed by atoms with Crippen LogP contribution in [0.2, 0.25) is 0 Å². The van der Waals surface area contributed by atoms with Crippen molar-refractivity contribution < 1.29 is 9.90 Å². The number of ketones is 1. The van der Waals surface area contributed by atoms with Crippen LogP contribution in [0.5, 0.6) is 0 Å². The molecule has 0 radical (unpaired) electrons. The zero-order chi connectivity index (χ0) is 13.0. The van der Waals surface area contributed by atoms with Gasteiger partial charge >= 0.3 is 0 Å². The molecule has 1 aliphatic rings. The second-order valence-corrected chi connectivity index (χ2v) is 5.80. The highest BCUT2D eigenvalue weighted by molar-refractivity contribution is 7.99. The van der Waals surface area contributed by atoms with Gasteiger partial charge in [0.05, 0.1) is 10.8 Å². The molecule has 4 heteroatoms. The van der Waals surface area contributed by atoms with Crippen LogP contribution in [0.3, 0.4) is 0 Å². The quantitative estimate of drug-likeness (QED) is 0.847. The first-order valence-electron chi connectivity index (χ1n) is 6.11. The van der Waals surface area contributed by atoms with E-state index in [0.717, 1.165) is 22.8 Å². The fourth-order valence-electron chi connectivity index (χ4n) is 2.03. The summed E-state index contributed by atoms with van der Waals surface area (Å²) in [6.45, 7) is 2.02. The average molecular weight is 263 g/mol. The molecule has 3 nitrogen and oxygen atoms in total. The molecule has 0 saturated carbocycles. The van der Waals surface area contributed by atoms with E-state index < -0.39 is 0 Å². The van der Waals surface area contributed by atoms with Crippen LogP contribution in [0.25, 0.3) is 0 Å². The molecular formula is C14H17NO2S. The van der Waals surface area contributed by atoms with Gasteiger partial charge in [-0.2, -0.15) is 0 Å². The summed E-state index contributed by atoms with van der Waals surface area (Å²) in [7, 11) is 0. The Balaban J connectivity index is 1.77. The van der Waals surface area contributed by atoms with Crippen molar-refractivity contribution in [1.29, 1.82) is 0 Å². The molecule has 0 saturated heterocycles. The predicted octanol–water partition coefficient (Wildman–Crippen LogP) is 3.29. The van der Waals surface area contributed by atoms with Gasteiger partial charge in [0.1, 0.15) is 0 Å². The number of carbonyl (C=O) groups excluding carboxylic acids is 1. The van der Waals surface area contributed by atoms with Gasteiger partial charge in [0, 0.05) is 25.1 Å². The van der Waals surface area contributed by atoms with Crippen LogP contribution in [0.1, 0.15) is 24.8 Å². The van der Waals surface area contributed by atoms with E-state index in [0.29, 0.717) is 12.8 Å². The molecule has 2 rings (SSSR count). The van der Waals surface area contributed by atoms with Gasteiger partial charge in [0.15, 0.2) is 5.78 Å². The number of aliphatic hydroxyl groups excluding tert-OH is 1. The molecular weight excluding hydrogens is 246 g/mol. The van der Waals surface area contributed by atoms with E-state index in [-0.39, 0.29) is 17.5 Å². The molecule has 96 valence electrons. The summed E-state index contributed by atoms with van der Waals surface area (Å²) in [4.78, 5) is 15.6. The van der Waals surface area contributed by atoms with Crippen LogP contribution >= 0.6 is 11.8 Å². The van der Waals surface area contributed by atoms with Crippen molar-refractivity contribution in [3.8, 4) is 0 Å². The molecule has 1 atom stereocenters. The average Bonchev–Trinajstić information content (AvgIpc) is 2.30. The lowest BCUT2D eigenvalue weighted by molar-refractivity contribution is -0.116. The topological polar surface area (TPSA) is 50.2 Å². The standard InChI is InChI=1S/C14H17NO2S/c1-10-2-3-14(15-9-10)18-5-4-11-6-12(16)8-13(17)7-11/h2-3,8-9,11,16H,4-7H2,1H3. The normalized spacial score (nSPS) is 19.7. The molecule has 1 aromatic heterocycles. The number of aryl methyl sites for hydroxylation is 1. The lowest BCUT2D eigenvalue weighted by Crippen LogP contribution is -2.14. The second kappa shape index (κ2) is 6.05. The smallest absolute Gasteiger partial charge is 0.159 e. The highest BCUT2D eigenvalue weighted by atomic mass is 32.2. The molecule has 0 spiro atoms. The van der Waals surface area contributed by atoms with Gasteiger partial charge < -0.3 is 5.11 Å². The number of hydrogen-bond acceptors (Lipinski definition) is 4. The summed E-state index contributed by atoms with van der Waals surface area (Å²) < 4.78 is 0. The number of hydrogen-bond donors (Lipinski definition) is 1. The van der Waals surface area contributed by atoms with Crippen LogP contribution in [0, 0.1) is 12.8 Å². The molecule has 0 fully saturated rings. The third kappa shape index (κ3) is 3.88. The number of carbonyl (C=O) groups is 1. The lowest BCUT2D eigenvalue weighted by Gasteiger charge is -2.18. The molecule has 0 aromatic carbocycles. The minimum atomic E-state index is 0.0437. The highest BCUT2D eigenvalue weighted by Crippen LogP contribution is 2.26. The van der Waals surface area contributed by atoms with E-state index in [2.05, 4.69) is 4.98 Å². The fraction of sp³-hybridized carbons (Fsp3) is 0.429. The molecule has 18 heavy (non-hydrogen) atoms. The number of rotatable bonds is 4. The maximum atomic E-state index is 11.3. The minimum Gasteiger partial charge on any atom is -0.512 e. The maximum absolute atomic E-state index is 11.3. The highest BCUT2D eigenvalue weighted by Gasteiger charge is 2.19. The van der Waals surface area contributed by atoms with E-state index in [1.165, 1.54) is 6.08 Å². The minimum absolute atomic E-state index is 0.0437. The van der Waals surface area contributed by atoms with Crippen LogP contribution in [0.4, 0.5) is 0 Å². The fourth-order valence-corrected chi connectivity index (χ4v) is 2.98. The van der Waals surface area contributed by atoms with Crippen LogP contribution < -0.4 is 0 Å². The Hall–Kier alpha value is -1.29. The lowest BCUT2D eigenvalue weighted by atomic mass is 9.90. The van der Waals surface area contributed by atoms with Crippen molar-refractivity contribution in [2.45, 2.75) is 31.2 Å². The molecule has 1 aromatic rings. The number of pyridine rings is 1. The Morgan fingerprint density at radius 1 is 1.44 bits per heavy atom. The van der Waals surface area contributed by atoms with Crippen molar-refractivity contribution in [1.82, 2.24) is 4.98 Å². The SMILES string of the molecule is Cc1ccc(SCCC2CC(=O)C=C(O)C2)nc1.